The fourth-order valence-corrected chi connectivity index (χ4v) is 4.34. The second kappa shape index (κ2) is 8.87. The molecule has 6 heteroatoms. The number of aryl methyl sites for hydroxylation is 1. The number of methoxy groups -OCH3 is 1. The van der Waals surface area contributed by atoms with Gasteiger partial charge in [-0.3, -0.25) is 9.59 Å². The second-order valence-corrected chi connectivity index (χ2v) is 7.43. The number of fused-ring (bicyclic) bond motifs is 1. The number of hydrogen-bond acceptors (Lipinski definition) is 4. The highest BCUT2D eigenvalue weighted by atomic mass is 35.5. The number of rotatable bonds is 5. The lowest BCUT2D eigenvalue weighted by Gasteiger charge is -2.37. The van der Waals surface area contributed by atoms with Gasteiger partial charge in [0.05, 0.1) is 18.4 Å². The molecule has 1 saturated heterocycles. The highest BCUT2D eigenvalue weighted by Gasteiger charge is 2.49. The molecular formula is C20H29ClN2O3. The van der Waals surface area contributed by atoms with E-state index in [4.69, 9.17) is 4.74 Å². The summed E-state index contributed by atoms with van der Waals surface area (Å²) >= 11 is 0. The maximum atomic E-state index is 13.0. The number of nitrogens with one attached hydrogen (secondary N) is 2. The van der Waals surface area contributed by atoms with Crippen LogP contribution < -0.4 is 10.6 Å². The molecule has 0 aromatic heterocycles. The van der Waals surface area contributed by atoms with E-state index in [1.807, 2.05) is 31.2 Å². The van der Waals surface area contributed by atoms with E-state index in [2.05, 4.69) is 10.6 Å². The van der Waals surface area contributed by atoms with Gasteiger partial charge >= 0.3 is 5.97 Å². The molecule has 3 atom stereocenters. The maximum absolute atomic E-state index is 13.0. The van der Waals surface area contributed by atoms with Crippen LogP contribution in [0.1, 0.15) is 42.7 Å². The van der Waals surface area contributed by atoms with Crippen molar-refractivity contribution in [1.29, 1.82) is 0 Å². The Bertz CT molecular complexity index is 634. The van der Waals surface area contributed by atoms with E-state index in [0.717, 1.165) is 43.5 Å². The molecule has 0 bridgehead atoms. The Balaban J connectivity index is 0.00000243. The molecule has 1 saturated carbocycles. The molecule has 144 valence electrons. The summed E-state index contributed by atoms with van der Waals surface area (Å²) in [5.41, 5.74) is 1.71. The fourth-order valence-electron chi connectivity index (χ4n) is 4.34. The van der Waals surface area contributed by atoms with Crippen LogP contribution in [0.4, 0.5) is 0 Å². The van der Waals surface area contributed by atoms with Gasteiger partial charge in [-0.2, -0.15) is 0 Å². The third-order valence-corrected chi connectivity index (χ3v) is 5.92. The average Bonchev–Trinajstić information content (AvgIpc) is 3.08. The molecule has 1 aliphatic carbocycles. The van der Waals surface area contributed by atoms with Crippen LogP contribution in [0.15, 0.2) is 24.3 Å². The molecule has 26 heavy (non-hydrogen) atoms. The highest BCUT2D eigenvalue weighted by Crippen LogP contribution is 2.43. The predicted octanol–water partition coefficient (Wildman–Crippen LogP) is 2.57. The fraction of sp³-hybridized carbons (Fsp3) is 0.600. The minimum Gasteiger partial charge on any atom is -0.468 e. The van der Waals surface area contributed by atoms with Crippen molar-refractivity contribution < 1.29 is 14.3 Å². The van der Waals surface area contributed by atoms with Crippen molar-refractivity contribution in [2.24, 2.45) is 11.3 Å². The summed E-state index contributed by atoms with van der Waals surface area (Å²) in [7, 11) is 1.39. The van der Waals surface area contributed by atoms with Crippen LogP contribution in [-0.2, 0) is 14.3 Å². The summed E-state index contributed by atoms with van der Waals surface area (Å²) in [6, 6.07) is 7.82. The molecule has 1 heterocycles. The van der Waals surface area contributed by atoms with Gasteiger partial charge in [-0.05, 0) is 37.8 Å². The summed E-state index contributed by atoms with van der Waals surface area (Å²) < 4.78 is 4.96. The van der Waals surface area contributed by atoms with E-state index >= 15 is 0 Å². The van der Waals surface area contributed by atoms with Crippen molar-refractivity contribution in [3.8, 4) is 0 Å². The van der Waals surface area contributed by atoms with E-state index in [9.17, 15) is 9.59 Å². The summed E-state index contributed by atoms with van der Waals surface area (Å²) in [6.45, 7) is 3.96. The van der Waals surface area contributed by atoms with Gasteiger partial charge < -0.3 is 15.4 Å². The summed E-state index contributed by atoms with van der Waals surface area (Å²) in [6.07, 6.45) is 4.35. The van der Waals surface area contributed by atoms with Gasteiger partial charge in [-0.25, -0.2) is 0 Å². The van der Waals surface area contributed by atoms with Gasteiger partial charge in [0, 0.05) is 13.1 Å². The SMILES string of the molecule is COC(=O)C(CNC(=O)[C@@]12CCCC[C@H]1CNC2)c1ccc(C)cc1.Cl. The lowest BCUT2D eigenvalue weighted by Crippen LogP contribution is -2.49. The van der Waals surface area contributed by atoms with Crippen LogP contribution in [0.25, 0.3) is 0 Å². The molecule has 0 radical (unpaired) electrons. The topological polar surface area (TPSA) is 67.4 Å². The first-order valence-electron chi connectivity index (χ1n) is 9.20. The summed E-state index contributed by atoms with van der Waals surface area (Å²) in [4.78, 5) is 25.2. The van der Waals surface area contributed by atoms with Crippen LogP contribution >= 0.6 is 12.4 Å². The maximum Gasteiger partial charge on any atom is 0.314 e. The van der Waals surface area contributed by atoms with Crippen molar-refractivity contribution in [1.82, 2.24) is 10.6 Å². The number of carbonyl (C=O) groups is 2. The highest BCUT2D eigenvalue weighted by molar-refractivity contribution is 5.86. The van der Waals surface area contributed by atoms with E-state index < -0.39 is 5.92 Å². The Labute approximate surface area is 161 Å². The molecule has 1 aromatic carbocycles. The van der Waals surface area contributed by atoms with Gasteiger partial charge in [-0.1, -0.05) is 42.7 Å². The Morgan fingerprint density at radius 1 is 1.31 bits per heavy atom. The molecule has 2 aliphatic rings. The van der Waals surface area contributed by atoms with E-state index in [1.165, 1.54) is 13.5 Å². The quantitative estimate of drug-likeness (QED) is 0.770. The predicted molar refractivity (Wildman–Crippen MR) is 103 cm³/mol. The molecule has 2 N–H and O–H groups in total. The summed E-state index contributed by atoms with van der Waals surface area (Å²) in [5.74, 6) is -0.283. The second-order valence-electron chi connectivity index (χ2n) is 7.43. The first-order chi connectivity index (χ1) is 12.1. The Morgan fingerprint density at radius 2 is 2.04 bits per heavy atom. The zero-order valence-corrected chi connectivity index (χ0v) is 16.4. The van der Waals surface area contributed by atoms with E-state index in [-0.39, 0.29) is 36.2 Å². The van der Waals surface area contributed by atoms with Crippen LogP contribution in [0.2, 0.25) is 0 Å². The minimum atomic E-state index is -0.470. The lowest BCUT2D eigenvalue weighted by atomic mass is 9.67. The third-order valence-electron chi connectivity index (χ3n) is 5.92. The first-order valence-corrected chi connectivity index (χ1v) is 9.20. The van der Waals surface area contributed by atoms with Crippen LogP contribution in [-0.4, -0.2) is 38.6 Å². The van der Waals surface area contributed by atoms with Crippen molar-refractivity contribution >= 4 is 24.3 Å². The van der Waals surface area contributed by atoms with Crippen molar-refractivity contribution in [3.05, 3.63) is 35.4 Å². The lowest BCUT2D eigenvalue weighted by molar-refractivity contribution is -0.142. The number of carbonyl (C=O) groups excluding carboxylic acids is 2. The largest absolute Gasteiger partial charge is 0.468 e. The minimum absolute atomic E-state index is 0. The Kier molecular flexibility index (Phi) is 7.07. The van der Waals surface area contributed by atoms with Crippen LogP contribution in [0, 0.1) is 18.3 Å². The zero-order chi connectivity index (χ0) is 17.9. The molecular weight excluding hydrogens is 352 g/mol. The molecule has 1 amide bonds. The summed E-state index contributed by atoms with van der Waals surface area (Å²) in [5, 5.41) is 6.46. The molecule has 3 rings (SSSR count). The first kappa shape index (κ1) is 20.7. The Morgan fingerprint density at radius 3 is 2.73 bits per heavy atom. The van der Waals surface area contributed by atoms with Crippen molar-refractivity contribution in [3.63, 3.8) is 0 Å². The molecule has 1 aliphatic heterocycles. The van der Waals surface area contributed by atoms with E-state index in [1.54, 1.807) is 0 Å². The van der Waals surface area contributed by atoms with Crippen LogP contribution in [0.3, 0.4) is 0 Å². The van der Waals surface area contributed by atoms with Gasteiger partial charge in [-0.15, -0.1) is 12.4 Å². The van der Waals surface area contributed by atoms with Gasteiger partial charge in [0.15, 0.2) is 0 Å². The third kappa shape index (κ3) is 4.04. The zero-order valence-electron chi connectivity index (χ0n) is 15.5. The number of halogens is 1. The van der Waals surface area contributed by atoms with E-state index in [0.29, 0.717) is 5.92 Å². The number of benzene rings is 1. The molecule has 1 aromatic rings. The number of ether oxygens (including phenoxy) is 1. The average molecular weight is 381 g/mol. The normalized spacial score (nSPS) is 25.5. The number of esters is 1. The number of hydrogen-bond donors (Lipinski definition) is 2. The molecule has 1 unspecified atom stereocenters. The van der Waals surface area contributed by atoms with Gasteiger partial charge in [0.2, 0.25) is 5.91 Å². The Hall–Kier alpha value is -1.59. The standard InChI is InChI=1S/C20H28N2O3.ClH/c1-14-6-8-15(9-7-14)17(18(23)25-2)12-22-19(24)20-10-4-3-5-16(20)11-21-13-20;/h6-9,16-17,21H,3-5,10-13H2,1-2H3,(H,22,24);1H/t16-,17?,20+;/m0./s1. The van der Waals surface area contributed by atoms with Crippen molar-refractivity contribution in [2.75, 3.05) is 26.7 Å². The smallest absolute Gasteiger partial charge is 0.314 e. The van der Waals surface area contributed by atoms with Gasteiger partial charge in [0.1, 0.15) is 0 Å². The molecule has 2 fully saturated rings. The van der Waals surface area contributed by atoms with Gasteiger partial charge in [0.25, 0.3) is 0 Å². The van der Waals surface area contributed by atoms with Crippen molar-refractivity contribution in [2.45, 2.75) is 38.5 Å². The van der Waals surface area contributed by atoms with Crippen LogP contribution in [0.5, 0.6) is 0 Å². The molecule has 5 nitrogen and oxygen atoms in total. The number of amides is 1. The monoisotopic (exact) mass is 380 g/mol. The molecule has 0 spiro atoms.